The highest BCUT2D eigenvalue weighted by atomic mass is 35.5. The maximum atomic E-state index is 6.31. The SMILES string of the molecule is CCCCN(CCCC)CCCn1c(COc2ccccc2C)nc2ccc(Cl)cc21. The van der Waals surface area contributed by atoms with E-state index in [4.69, 9.17) is 21.3 Å². The molecule has 0 spiro atoms. The molecule has 31 heavy (non-hydrogen) atoms. The Morgan fingerprint density at radius 3 is 2.39 bits per heavy atom. The molecule has 0 saturated heterocycles. The third-order valence-corrected chi connectivity index (χ3v) is 5.99. The molecule has 4 nitrogen and oxygen atoms in total. The van der Waals surface area contributed by atoms with E-state index >= 15 is 0 Å². The first-order valence-corrected chi connectivity index (χ1v) is 12.1. The summed E-state index contributed by atoms with van der Waals surface area (Å²) in [6, 6.07) is 14.0. The molecule has 168 valence electrons. The van der Waals surface area contributed by atoms with Crippen LogP contribution in [-0.4, -0.2) is 34.1 Å². The molecule has 0 radical (unpaired) electrons. The lowest BCUT2D eigenvalue weighted by atomic mass is 10.2. The van der Waals surface area contributed by atoms with Gasteiger partial charge in [0.25, 0.3) is 0 Å². The highest BCUT2D eigenvalue weighted by Crippen LogP contribution is 2.23. The van der Waals surface area contributed by atoms with Crippen LogP contribution in [0.3, 0.4) is 0 Å². The molecule has 0 bridgehead atoms. The number of imidazole rings is 1. The average Bonchev–Trinajstić information content (AvgIpc) is 3.11. The van der Waals surface area contributed by atoms with Gasteiger partial charge in [-0.2, -0.15) is 0 Å². The molecule has 0 aliphatic heterocycles. The highest BCUT2D eigenvalue weighted by Gasteiger charge is 2.13. The summed E-state index contributed by atoms with van der Waals surface area (Å²) in [5, 5.41) is 0.743. The van der Waals surface area contributed by atoms with E-state index in [2.05, 4.69) is 36.3 Å². The zero-order valence-corrected chi connectivity index (χ0v) is 20.0. The maximum Gasteiger partial charge on any atom is 0.147 e. The minimum atomic E-state index is 0.451. The normalized spacial score (nSPS) is 11.5. The largest absolute Gasteiger partial charge is 0.485 e. The molecule has 0 amide bonds. The lowest BCUT2D eigenvalue weighted by Crippen LogP contribution is -2.28. The molecule has 0 N–H and O–H groups in total. The summed E-state index contributed by atoms with van der Waals surface area (Å²) in [6.45, 7) is 11.5. The smallest absolute Gasteiger partial charge is 0.147 e. The second-order valence-corrected chi connectivity index (χ2v) is 8.71. The van der Waals surface area contributed by atoms with Crippen molar-refractivity contribution < 1.29 is 4.74 Å². The molecular formula is C26H36ClN3O. The maximum absolute atomic E-state index is 6.31. The van der Waals surface area contributed by atoms with Crippen LogP contribution < -0.4 is 4.74 Å². The number of aromatic nitrogens is 2. The summed E-state index contributed by atoms with van der Waals surface area (Å²) >= 11 is 6.31. The summed E-state index contributed by atoms with van der Waals surface area (Å²) in [5.74, 6) is 1.86. The van der Waals surface area contributed by atoms with Crippen molar-refractivity contribution in [3.8, 4) is 5.75 Å². The molecule has 2 aromatic carbocycles. The monoisotopic (exact) mass is 441 g/mol. The molecule has 0 aliphatic rings. The van der Waals surface area contributed by atoms with Crippen molar-refractivity contribution in [2.45, 2.75) is 66.0 Å². The highest BCUT2D eigenvalue weighted by molar-refractivity contribution is 6.31. The number of hydrogen-bond donors (Lipinski definition) is 0. The van der Waals surface area contributed by atoms with Gasteiger partial charge in [-0.25, -0.2) is 4.98 Å². The second-order valence-electron chi connectivity index (χ2n) is 8.27. The van der Waals surface area contributed by atoms with E-state index in [0.717, 1.165) is 52.7 Å². The number of unbranched alkanes of at least 4 members (excludes halogenated alkanes) is 2. The number of fused-ring (bicyclic) bond motifs is 1. The summed E-state index contributed by atoms with van der Waals surface area (Å²) in [5.41, 5.74) is 3.20. The lowest BCUT2D eigenvalue weighted by molar-refractivity contribution is 0.254. The van der Waals surface area contributed by atoms with Gasteiger partial charge in [0.2, 0.25) is 0 Å². The standard InChI is InChI=1S/C26H36ClN3O/c1-4-6-15-29(16-7-5-2)17-10-18-30-24-19-22(27)13-14-23(24)28-26(30)20-31-25-12-9-8-11-21(25)3/h8-9,11-14,19H,4-7,10,15-18,20H2,1-3H3. The van der Waals surface area contributed by atoms with Crippen molar-refractivity contribution in [1.29, 1.82) is 0 Å². The van der Waals surface area contributed by atoms with E-state index in [1.54, 1.807) is 0 Å². The Labute approximate surface area is 192 Å². The fourth-order valence-electron chi connectivity index (χ4n) is 3.92. The Balaban J connectivity index is 1.73. The van der Waals surface area contributed by atoms with Crippen LogP contribution in [0, 0.1) is 6.92 Å². The first-order chi connectivity index (χ1) is 15.1. The molecule has 5 heteroatoms. The third-order valence-electron chi connectivity index (χ3n) is 5.75. The molecule has 1 aromatic heterocycles. The Bertz CT molecular complexity index is 945. The van der Waals surface area contributed by atoms with Gasteiger partial charge in [0.05, 0.1) is 11.0 Å². The second kappa shape index (κ2) is 12.1. The molecule has 3 rings (SSSR count). The van der Waals surface area contributed by atoms with Crippen LogP contribution >= 0.6 is 11.6 Å². The molecule has 0 unspecified atom stereocenters. The molecule has 0 fully saturated rings. The van der Waals surface area contributed by atoms with Gasteiger partial charge in [-0.05, 0) is 75.6 Å². The third kappa shape index (κ3) is 6.72. The van der Waals surface area contributed by atoms with Crippen LogP contribution in [0.4, 0.5) is 0 Å². The van der Waals surface area contributed by atoms with Crippen LogP contribution in [0.1, 0.15) is 57.3 Å². The van der Waals surface area contributed by atoms with Crippen LogP contribution in [0.2, 0.25) is 5.02 Å². The number of ether oxygens (including phenoxy) is 1. The van der Waals surface area contributed by atoms with Gasteiger partial charge >= 0.3 is 0 Å². The molecule has 0 saturated carbocycles. The van der Waals surface area contributed by atoms with E-state index in [1.165, 1.54) is 38.8 Å². The lowest BCUT2D eigenvalue weighted by Gasteiger charge is -2.22. The molecule has 0 atom stereocenters. The Hall–Kier alpha value is -2.04. The first kappa shape index (κ1) is 23.6. The molecular weight excluding hydrogens is 406 g/mol. The molecule has 1 heterocycles. The zero-order chi connectivity index (χ0) is 22.1. The number of halogens is 1. The number of para-hydroxylation sites is 1. The van der Waals surface area contributed by atoms with Gasteiger partial charge in [-0.1, -0.05) is 56.5 Å². The van der Waals surface area contributed by atoms with Gasteiger partial charge < -0.3 is 14.2 Å². The first-order valence-electron chi connectivity index (χ1n) is 11.7. The minimum absolute atomic E-state index is 0.451. The van der Waals surface area contributed by atoms with Crippen LogP contribution in [0.25, 0.3) is 11.0 Å². The van der Waals surface area contributed by atoms with Gasteiger partial charge in [-0.3, -0.25) is 0 Å². The number of benzene rings is 2. The summed E-state index contributed by atoms with van der Waals surface area (Å²) in [6.07, 6.45) is 6.11. The molecule has 3 aromatic rings. The van der Waals surface area contributed by atoms with E-state index in [1.807, 2.05) is 36.4 Å². The fourth-order valence-corrected chi connectivity index (χ4v) is 4.08. The summed E-state index contributed by atoms with van der Waals surface area (Å²) in [7, 11) is 0. The Morgan fingerprint density at radius 1 is 0.968 bits per heavy atom. The van der Waals surface area contributed by atoms with Crippen molar-refractivity contribution >= 4 is 22.6 Å². The number of hydrogen-bond acceptors (Lipinski definition) is 3. The quantitative estimate of drug-likeness (QED) is 0.290. The van der Waals surface area contributed by atoms with E-state index in [9.17, 15) is 0 Å². The van der Waals surface area contributed by atoms with Crippen LogP contribution in [0.15, 0.2) is 42.5 Å². The van der Waals surface area contributed by atoms with Gasteiger partial charge in [-0.15, -0.1) is 0 Å². The Morgan fingerprint density at radius 2 is 1.68 bits per heavy atom. The summed E-state index contributed by atoms with van der Waals surface area (Å²) in [4.78, 5) is 7.47. The van der Waals surface area contributed by atoms with E-state index in [-0.39, 0.29) is 0 Å². The number of nitrogens with zero attached hydrogens (tertiary/aromatic N) is 3. The predicted octanol–water partition coefficient (Wildman–Crippen LogP) is 6.87. The van der Waals surface area contributed by atoms with Crippen LogP contribution in [0.5, 0.6) is 5.75 Å². The fraction of sp³-hybridized carbons (Fsp3) is 0.500. The van der Waals surface area contributed by atoms with Crippen molar-refractivity contribution in [2.24, 2.45) is 0 Å². The Kier molecular flexibility index (Phi) is 9.23. The van der Waals surface area contributed by atoms with Gasteiger partial charge in [0.15, 0.2) is 0 Å². The van der Waals surface area contributed by atoms with Crippen molar-refractivity contribution in [2.75, 3.05) is 19.6 Å². The summed E-state index contributed by atoms with van der Waals surface area (Å²) < 4.78 is 8.42. The van der Waals surface area contributed by atoms with Crippen molar-refractivity contribution in [1.82, 2.24) is 14.5 Å². The van der Waals surface area contributed by atoms with E-state index < -0.39 is 0 Å². The average molecular weight is 442 g/mol. The van der Waals surface area contributed by atoms with Crippen molar-refractivity contribution in [3.63, 3.8) is 0 Å². The van der Waals surface area contributed by atoms with E-state index in [0.29, 0.717) is 6.61 Å². The molecule has 0 aliphatic carbocycles. The van der Waals surface area contributed by atoms with Gasteiger partial charge in [0.1, 0.15) is 18.2 Å². The van der Waals surface area contributed by atoms with Crippen LogP contribution in [-0.2, 0) is 13.2 Å². The van der Waals surface area contributed by atoms with Gasteiger partial charge in [0, 0.05) is 11.6 Å². The minimum Gasteiger partial charge on any atom is -0.485 e. The number of aryl methyl sites for hydroxylation is 2. The van der Waals surface area contributed by atoms with Crippen molar-refractivity contribution in [3.05, 3.63) is 58.9 Å². The topological polar surface area (TPSA) is 30.3 Å². The zero-order valence-electron chi connectivity index (χ0n) is 19.2. The predicted molar refractivity (Wildman–Crippen MR) is 131 cm³/mol. The number of rotatable bonds is 13.